The van der Waals surface area contributed by atoms with Crippen molar-refractivity contribution in [1.29, 1.82) is 0 Å². The molecule has 3 aromatic rings. The fourth-order valence-corrected chi connectivity index (χ4v) is 2.76. The summed E-state index contributed by atoms with van der Waals surface area (Å²) >= 11 is 0. The van der Waals surface area contributed by atoms with Gasteiger partial charge in [0.1, 0.15) is 12.4 Å². The summed E-state index contributed by atoms with van der Waals surface area (Å²) in [4.78, 5) is 12.0. The van der Waals surface area contributed by atoms with Crippen LogP contribution in [0.3, 0.4) is 0 Å². The highest BCUT2D eigenvalue weighted by Gasteiger charge is 2.04. The molecular weight excluding hydrogens is 366 g/mol. The monoisotopic (exact) mass is 391 g/mol. The summed E-state index contributed by atoms with van der Waals surface area (Å²) in [5, 5.41) is 11.1. The molecule has 0 fully saturated rings. The minimum atomic E-state index is -0.00905. The van der Waals surface area contributed by atoms with Crippen molar-refractivity contribution in [3.8, 4) is 22.9 Å². The third-order valence-electron chi connectivity index (χ3n) is 4.46. The Bertz CT molecular complexity index is 908. The van der Waals surface area contributed by atoms with Gasteiger partial charge in [0.15, 0.2) is 0 Å². The summed E-state index contributed by atoms with van der Waals surface area (Å²) in [6.45, 7) is 2.81. The van der Waals surface area contributed by atoms with E-state index in [2.05, 4.69) is 15.5 Å². The maximum absolute atomic E-state index is 12.0. The largest absolute Gasteiger partial charge is 0.497 e. The first kappa shape index (κ1) is 20.3. The molecule has 0 bridgehead atoms. The van der Waals surface area contributed by atoms with Crippen LogP contribution in [-0.2, 0) is 11.2 Å². The quantitative estimate of drug-likeness (QED) is 0.564. The summed E-state index contributed by atoms with van der Waals surface area (Å²) in [5.41, 5.74) is 4.11. The lowest BCUT2D eigenvalue weighted by Crippen LogP contribution is -2.28. The number of aryl methyl sites for hydroxylation is 2. The Morgan fingerprint density at radius 2 is 1.72 bits per heavy atom. The van der Waals surface area contributed by atoms with Crippen LogP contribution in [-0.4, -0.2) is 36.4 Å². The lowest BCUT2D eigenvalue weighted by Gasteiger charge is -2.08. The fourth-order valence-electron chi connectivity index (χ4n) is 2.76. The van der Waals surface area contributed by atoms with Crippen LogP contribution in [0.25, 0.3) is 11.3 Å². The zero-order chi connectivity index (χ0) is 20.5. The third kappa shape index (κ3) is 6.31. The number of carbonyl (C=O) groups is 1. The zero-order valence-corrected chi connectivity index (χ0v) is 16.7. The third-order valence-corrected chi connectivity index (χ3v) is 4.46. The average molecular weight is 391 g/mol. The second-order valence-corrected chi connectivity index (χ2v) is 6.67. The van der Waals surface area contributed by atoms with E-state index in [1.165, 1.54) is 5.56 Å². The SMILES string of the molecule is COc1ccc(CCC(=O)NCCOc2ccc(-c3ccc(C)cc3)nn2)cc1. The van der Waals surface area contributed by atoms with Crippen molar-refractivity contribution in [2.75, 3.05) is 20.3 Å². The Kier molecular flexibility index (Phi) is 7.16. The van der Waals surface area contributed by atoms with Gasteiger partial charge in [-0.3, -0.25) is 4.79 Å². The molecule has 0 saturated carbocycles. The number of methoxy groups -OCH3 is 1. The van der Waals surface area contributed by atoms with Crippen LogP contribution in [0.4, 0.5) is 0 Å². The standard InChI is InChI=1S/C23H25N3O3/c1-17-3-8-19(9-4-17)21-12-14-23(26-25-21)29-16-15-24-22(27)13-7-18-5-10-20(28-2)11-6-18/h3-6,8-12,14H,7,13,15-16H2,1-2H3,(H,24,27). The number of benzene rings is 2. The molecule has 150 valence electrons. The van der Waals surface area contributed by atoms with Gasteiger partial charge < -0.3 is 14.8 Å². The van der Waals surface area contributed by atoms with Gasteiger partial charge in [0.2, 0.25) is 11.8 Å². The van der Waals surface area contributed by atoms with Crippen LogP contribution >= 0.6 is 0 Å². The lowest BCUT2D eigenvalue weighted by molar-refractivity contribution is -0.121. The van der Waals surface area contributed by atoms with E-state index < -0.39 is 0 Å². The summed E-state index contributed by atoms with van der Waals surface area (Å²) in [7, 11) is 1.63. The van der Waals surface area contributed by atoms with E-state index in [-0.39, 0.29) is 5.91 Å². The molecule has 1 N–H and O–H groups in total. The molecule has 2 aromatic carbocycles. The minimum Gasteiger partial charge on any atom is -0.497 e. The van der Waals surface area contributed by atoms with Crippen LogP contribution < -0.4 is 14.8 Å². The van der Waals surface area contributed by atoms with Crippen molar-refractivity contribution >= 4 is 5.91 Å². The first-order valence-electron chi connectivity index (χ1n) is 9.57. The number of hydrogen-bond acceptors (Lipinski definition) is 5. The van der Waals surface area contributed by atoms with Crippen molar-refractivity contribution in [2.24, 2.45) is 0 Å². The van der Waals surface area contributed by atoms with Gasteiger partial charge in [-0.25, -0.2) is 0 Å². The van der Waals surface area contributed by atoms with Crippen molar-refractivity contribution in [1.82, 2.24) is 15.5 Å². The van der Waals surface area contributed by atoms with Crippen LogP contribution in [0.2, 0.25) is 0 Å². The molecule has 1 heterocycles. The Morgan fingerprint density at radius 3 is 2.38 bits per heavy atom. The highest BCUT2D eigenvalue weighted by atomic mass is 16.5. The summed E-state index contributed by atoms with van der Waals surface area (Å²) < 4.78 is 10.7. The maximum Gasteiger partial charge on any atom is 0.233 e. The van der Waals surface area contributed by atoms with Crippen molar-refractivity contribution < 1.29 is 14.3 Å². The fraction of sp³-hybridized carbons (Fsp3) is 0.261. The molecule has 0 unspecified atom stereocenters. The number of ether oxygens (including phenoxy) is 2. The van der Waals surface area contributed by atoms with E-state index in [0.29, 0.717) is 31.9 Å². The van der Waals surface area contributed by atoms with E-state index in [9.17, 15) is 4.79 Å². The molecule has 0 radical (unpaired) electrons. The molecule has 1 aromatic heterocycles. The number of aromatic nitrogens is 2. The molecule has 0 aliphatic carbocycles. The van der Waals surface area contributed by atoms with Gasteiger partial charge in [0, 0.05) is 18.1 Å². The topological polar surface area (TPSA) is 73.3 Å². The summed E-state index contributed by atoms with van der Waals surface area (Å²) in [6, 6.07) is 19.5. The average Bonchev–Trinajstić information content (AvgIpc) is 2.76. The van der Waals surface area contributed by atoms with Crippen molar-refractivity contribution in [2.45, 2.75) is 19.8 Å². The second kappa shape index (κ2) is 10.2. The minimum absolute atomic E-state index is 0.00905. The maximum atomic E-state index is 12.0. The molecule has 0 spiro atoms. The normalized spacial score (nSPS) is 10.4. The van der Waals surface area contributed by atoms with Gasteiger partial charge >= 0.3 is 0 Å². The smallest absolute Gasteiger partial charge is 0.233 e. The van der Waals surface area contributed by atoms with Gasteiger partial charge in [-0.1, -0.05) is 42.0 Å². The number of hydrogen-bond donors (Lipinski definition) is 1. The lowest BCUT2D eigenvalue weighted by atomic mass is 10.1. The van der Waals surface area contributed by atoms with Crippen LogP contribution in [0, 0.1) is 6.92 Å². The zero-order valence-electron chi connectivity index (χ0n) is 16.7. The first-order valence-corrected chi connectivity index (χ1v) is 9.57. The van der Waals surface area contributed by atoms with Crippen LogP contribution in [0.5, 0.6) is 11.6 Å². The van der Waals surface area contributed by atoms with Gasteiger partial charge in [0.05, 0.1) is 19.3 Å². The molecule has 0 atom stereocenters. The van der Waals surface area contributed by atoms with E-state index in [1.54, 1.807) is 13.2 Å². The highest BCUT2D eigenvalue weighted by molar-refractivity contribution is 5.76. The molecule has 6 heteroatoms. The van der Waals surface area contributed by atoms with Crippen LogP contribution in [0.15, 0.2) is 60.7 Å². The highest BCUT2D eigenvalue weighted by Crippen LogP contribution is 2.18. The molecule has 0 saturated heterocycles. The number of amides is 1. The summed E-state index contributed by atoms with van der Waals surface area (Å²) in [5.74, 6) is 1.24. The van der Waals surface area contributed by atoms with E-state index in [4.69, 9.17) is 9.47 Å². The molecule has 1 amide bonds. The molecule has 0 aliphatic heterocycles. The van der Waals surface area contributed by atoms with Gasteiger partial charge in [-0.05, 0) is 37.1 Å². The molecule has 3 rings (SSSR count). The molecule has 0 aliphatic rings. The Hall–Kier alpha value is -3.41. The van der Waals surface area contributed by atoms with Crippen molar-refractivity contribution in [3.63, 3.8) is 0 Å². The van der Waals surface area contributed by atoms with E-state index in [1.807, 2.05) is 61.5 Å². The predicted octanol–water partition coefficient (Wildman–Crippen LogP) is 3.59. The number of nitrogens with one attached hydrogen (secondary N) is 1. The van der Waals surface area contributed by atoms with E-state index in [0.717, 1.165) is 22.6 Å². The molecule has 29 heavy (non-hydrogen) atoms. The van der Waals surface area contributed by atoms with Crippen molar-refractivity contribution in [3.05, 3.63) is 71.8 Å². The second-order valence-electron chi connectivity index (χ2n) is 6.67. The Labute approximate surface area is 170 Å². The van der Waals surface area contributed by atoms with Gasteiger partial charge in [0.25, 0.3) is 0 Å². The van der Waals surface area contributed by atoms with Gasteiger partial charge in [-0.15, -0.1) is 10.2 Å². The Balaban J connectivity index is 1.36. The Morgan fingerprint density at radius 1 is 0.966 bits per heavy atom. The first-order chi connectivity index (χ1) is 14.1. The summed E-state index contributed by atoms with van der Waals surface area (Å²) in [6.07, 6.45) is 1.11. The number of nitrogens with zero attached hydrogens (tertiary/aromatic N) is 2. The van der Waals surface area contributed by atoms with Crippen LogP contribution in [0.1, 0.15) is 17.5 Å². The van der Waals surface area contributed by atoms with E-state index >= 15 is 0 Å². The molecular formula is C23H25N3O3. The number of rotatable bonds is 9. The molecule has 6 nitrogen and oxygen atoms in total. The predicted molar refractivity (Wildman–Crippen MR) is 112 cm³/mol. The number of carbonyl (C=O) groups excluding carboxylic acids is 1. The van der Waals surface area contributed by atoms with Gasteiger partial charge in [-0.2, -0.15) is 0 Å².